The first kappa shape index (κ1) is 25.6. The Balaban J connectivity index is 1.64. The maximum absolute atomic E-state index is 12.9. The number of aryl methyl sites for hydroxylation is 1. The van der Waals surface area contributed by atoms with E-state index in [1.54, 1.807) is 13.0 Å². The molecular weight excluding hydrogens is 446 g/mol. The van der Waals surface area contributed by atoms with E-state index in [1.165, 1.54) is 16.4 Å². The van der Waals surface area contributed by atoms with Gasteiger partial charge in [-0.15, -0.1) is 0 Å². The summed E-state index contributed by atoms with van der Waals surface area (Å²) in [6, 6.07) is 4.35. The Kier molecular flexibility index (Phi) is 8.53. The largest absolute Gasteiger partial charge is 0.460 e. The number of carbonyl (C=O) groups excluding carboxylic acids is 2. The molecule has 33 heavy (non-hydrogen) atoms. The van der Waals surface area contributed by atoms with Gasteiger partial charge in [0.25, 0.3) is 0 Å². The van der Waals surface area contributed by atoms with Crippen LogP contribution in [0.15, 0.2) is 23.1 Å². The van der Waals surface area contributed by atoms with E-state index in [0.29, 0.717) is 36.5 Å². The Morgan fingerprint density at radius 2 is 1.88 bits per heavy atom. The Labute approximate surface area is 196 Å². The van der Waals surface area contributed by atoms with Crippen LogP contribution in [0.4, 0.5) is 0 Å². The number of ether oxygens (including phenoxy) is 3. The van der Waals surface area contributed by atoms with Crippen molar-refractivity contribution >= 4 is 22.0 Å². The first-order chi connectivity index (χ1) is 15.6. The Morgan fingerprint density at radius 1 is 1.18 bits per heavy atom. The molecule has 0 amide bonds. The lowest BCUT2D eigenvalue weighted by molar-refractivity contribution is -0.159. The fourth-order valence-corrected chi connectivity index (χ4v) is 6.01. The highest BCUT2D eigenvalue weighted by molar-refractivity contribution is 7.89. The maximum Gasteiger partial charge on any atom is 0.344 e. The van der Waals surface area contributed by atoms with E-state index in [4.69, 9.17) is 14.2 Å². The molecule has 1 aromatic carbocycles. The lowest BCUT2D eigenvalue weighted by Gasteiger charge is -2.36. The van der Waals surface area contributed by atoms with Crippen LogP contribution >= 0.6 is 0 Å². The molecule has 1 aliphatic heterocycles. The number of hydrogen-bond donors (Lipinski definition) is 0. The molecule has 1 saturated carbocycles. The SMILES string of the molecule is Cc1ccc(S(=O)(=O)N2CCOCC2)cc1C(=O)OCC(=O)O[C@@H]1C[C@H](C)CC[C@H]1C(C)C. The molecule has 184 valence electrons. The van der Waals surface area contributed by atoms with Crippen molar-refractivity contribution in [2.24, 2.45) is 17.8 Å². The molecule has 9 heteroatoms. The molecule has 1 aromatic rings. The van der Waals surface area contributed by atoms with Crippen molar-refractivity contribution in [3.8, 4) is 0 Å². The maximum atomic E-state index is 12.9. The molecule has 0 N–H and O–H groups in total. The number of esters is 2. The van der Waals surface area contributed by atoms with Crippen LogP contribution in [0.3, 0.4) is 0 Å². The smallest absolute Gasteiger partial charge is 0.344 e. The van der Waals surface area contributed by atoms with E-state index in [2.05, 4.69) is 20.8 Å². The average molecular weight is 482 g/mol. The number of carbonyl (C=O) groups is 2. The summed E-state index contributed by atoms with van der Waals surface area (Å²) in [5.74, 6) is -0.148. The molecule has 3 rings (SSSR count). The Bertz CT molecular complexity index is 954. The molecule has 2 aliphatic rings. The molecule has 1 aliphatic carbocycles. The fraction of sp³-hybridized carbons (Fsp3) is 0.667. The van der Waals surface area contributed by atoms with E-state index < -0.39 is 28.6 Å². The fourth-order valence-electron chi connectivity index (χ4n) is 4.57. The highest BCUT2D eigenvalue weighted by Gasteiger charge is 2.34. The lowest BCUT2D eigenvalue weighted by Crippen LogP contribution is -2.40. The number of hydrogen-bond acceptors (Lipinski definition) is 7. The molecule has 0 unspecified atom stereocenters. The number of sulfonamides is 1. The molecule has 0 radical (unpaired) electrons. The molecule has 0 aromatic heterocycles. The van der Waals surface area contributed by atoms with Crippen molar-refractivity contribution in [1.29, 1.82) is 0 Å². The monoisotopic (exact) mass is 481 g/mol. The van der Waals surface area contributed by atoms with Gasteiger partial charge in [0.2, 0.25) is 10.0 Å². The number of morpholine rings is 1. The molecule has 8 nitrogen and oxygen atoms in total. The Morgan fingerprint density at radius 3 is 2.55 bits per heavy atom. The van der Waals surface area contributed by atoms with Crippen LogP contribution in [-0.2, 0) is 29.0 Å². The Hall–Kier alpha value is -1.97. The summed E-state index contributed by atoms with van der Waals surface area (Å²) in [5.41, 5.74) is 0.679. The summed E-state index contributed by atoms with van der Waals surface area (Å²) in [6.45, 7) is 8.78. The zero-order valence-electron chi connectivity index (χ0n) is 19.9. The molecule has 1 heterocycles. The summed E-state index contributed by atoms with van der Waals surface area (Å²) in [7, 11) is -3.75. The standard InChI is InChI=1S/C24H35NO7S/c1-16(2)20-8-5-17(3)13-22(20)32-23(26)15-31-24(27)21-14-19(7-6-18(21)4)33(28,29)25-9-11-30-12-10-25/h6-7,14,16-17,20,22H,5,8-13,15H2,1-4H3/t17-,20+,22-/m1/s1. The highest BCUT2D eigenvalue weighted by atomic mass is 32.2. The van der Waals surface area contributed by atoms with Crippen molar-refractivity contribution in [3.63, 3.8) is 0 Å². The zero-order chi connectivity index (χ0) is 24.2. The number of benzene rings is 1. The van der Waals surface area contributed by atoms with Gasteiger partial charge in [-0.25, -0.2) is 18.0 Å². The van der Waals surface area contributed by atoms with Gasteiger partial charge in [0, 0.05) is 13.1 Å². The minimum atomic E-state index is -3.75. The first-order valence-corrected chi connectivity index (χ1v) is 13.1. The minimum Gasteiger partial charge on any atom is -0.460 e. The van der Waals surface area contributed by atoms with Gasteiger partial charge in [0.05, 0.1) is 23.7 Å². The molecule has 2 fully saturated rings. The van der Waals surface area contributed by atoms with Gasteiger partial charge >= 0.3 is 11.9 Å². The predicted molar refractivity (Wildman–Crippen MR) is 122 cm³/mol. The summed E-state index contributed by atoms with van der Waals surface area (Å²) in [6.07, 6.45) is 2.77. The van der Waals surface area contributed by atoms with Crippen molar-refractivity contribution in [2.45, 2.75) is 58.0 Å². The van der Waals surface area contributed by atoms with E-state index in [9.17, 15) is 18.0 Å². The van der Waals surface area contributed by atoms with Crippen LogP contribution < -0.4 is 0 Å². The van der Waals surface area contributed by atoms with Gasteiger partial charge in [-0.3, -0.25) is 0 Å². The third-order valence-electron chi connectivity index (χ3n) is 6.60. The van der Waals surface area contributed by atoms with Gasteiger partial charge in [-0.1, -0.05) is 33.3 Å². The summed E-state index contributed by atoms with van der Waals surface area (Å²) < 4.78 is 43.3. The van der Waals surface area contributed by atoms with Gasteiger partial charge in [-0.05, 0) is 55.2 Å². The topological polar surface area (TPSA) is 99.2 Å². The molecular formula is C24H35NO7S. The van der Waals surface area contributed by atoms with Crippen LogP contribution in [-0.4, -0.2) is 63.7 Å². The molecule has 1 saturated heterocycles. The van der Waals surface area contributed by atoms with Crippen LogP contribution in [0, 0.1) is 24.7 Å². The van der Waals surface area contributed by atoms with Gasteiger partial charge in [0.1, 0.15) is 6.10 Å². The highest BCUT2D eigenvalue weighted by Crippen LogP contribution is 2.35. The second-order valence-electron chi connectivity index (χ2n) is 9.42. The molecule has 0 spiro atoms. The van der Waals surface area contributed by atoms with Crippen molar-refractivity contribution in [1.82, 2.24) is 4.31 Å². The van der Waals surface area contributed by atoms with Gasteiger partial charge < -0.3 is 14.2 Å². The van der Waals surface area contributed by atoms with E-state index in [-0.39, 0.29) is 29.7 Å². The predicted octanol–water partition coefficient (Wildman–Crippen LogP) is 3.18. The summed E-state index contributed by atoms with van der Waals surface area (Å²) in [5, 5.41) is 0. The van der Waals surface area contributed by atoms with Crippen LogP contribution in [0.5, 0.6) is 0 Å². The van der Waals surface area contributed by atoms with Crippen LogP contribution in [0.1, 0.15) is 56.0 Å². The summed E-state index contributed by atoms with van der Waals surface area (Å²) >= 11 is 0. The summed E-state index contributed by atoms with van der Waals surface area (Å²) in [4.78, 5) is 25.1. The minimum absolute atomic E-state index is 0.0143. The number of rotatable bonds is 7. The second-order valence-corrected chi connectivity index (χ2v) is 11.4. The van der Waals surface area contributed by atoms with E-state index in [1.807, 2.05) is 0 Å². The molecule has 0 bridgehead atoms. The van der Waals surface area contributed by atoms with Gasteiger partial charge in [-0.2, -0.15) is 4.31 Å². The molecule has 3 atom stereocenters. The quantitative estimate of drug-likeness (QED) is 0.552. The van der Waals surface area contributed by atoms with Gasteiger partial charge in [0.15, 0.2) is 6.61 Å². The third-order valence-corrected chi connectivity index (χ3v) is 8.50. The van der Waals surface area contributed by atoms with E-state index in [0.717, 1.165) is 19.3 Å². The van der Waals surface area contributed by atoms with E-state index >= 15 is 0 Å². The third kappa shape index (κ3) is 6.33. The second kappa shape index (κ2) is 11.0. The zero-order valence-corrected chi connectivity index (χ0v) is 20.7. The van der Waals surface area contributed by atoms with Crippen LogP contribution in [0.25, 0.3) is 0 Å². The first-order valence-electron chi connectivity index (χ1n) is 11.6. The van der Waals surface area contributed by atoms with Crippen LogP contribution in [0.2, 0.25) is 0 Å². The normalized spacial score (nSPS) is 24.5. The number of nitrogens with zero attached hydrogens (tertiary/aromatic N) is 1. The van der Waals surface area contributed by atoms with Crippen molar-refractivity contribution < 1.29 is 32.2 Å². The van der Waals surface area contributed by atoms with Crippen molar-refractivity contribution in [2.75, 3.05) is 32.9 Å². The van der Waals surface area contributed by atoms with Crippen molar-refractivity contribution in [3.05, 3.63) is 29.3 Å². The average Bonchev–Trinajstić information content (AvgIpc) is 2.78. The lowest BCUT2D eigenvalue weighted by atomic mass is 9.75.